The van der Waals surface area contributed by atoms with Gasteiger partial charge in [0, 0.05) is 35.6 Å². The minimum Gasteiger partial charge on any atom is -0.322 e. The lowest BCUT2D eigenvalue weighted by Crippen LogP contribution is -2.17. The summed E-state index contributed by atoms with van der Waals surface area (Å²) >= 11 is 0. The molecule has 2 amide bonds. The zero-order chi connectivity index (χ0) is 32.2. The number of benzene rings is 5. The Kier molecular flexibility index (Phi) is 8.92. The second kappa shape index (κ2) is 12.8. The summed E-state index contributed by atoms with van der Waals surface area (Å²) in [5.41, 5.74) is -0.539. The lowest BCUT2D eigenvalue weighted by atomic mass is 10.0. The molecule has 3 N–H and O–H groups in total. The van der Waals surface area contributed by atoms with Crippen LogP contribution in [0.4, 0.5) is 37.7 Å². The van der Waals surface area contributed by atoms with Crippen LogP contribution in [0.1, 0.15) is 43.0 Å². The van der Waals surface area contributed by atoms with Gasteiger partial charge in [0.2, 0.25) is 0 Å². The molecule has 0 atom stereocenters. The van der Waals surface area contributed by atoms with Crippen LogP contribution in [0.15, 0.2) is 109 Å². The van der Waals surface area contributed by atoms with Crippen molar-refractivity contribution in [2.45, 2.75) is 25.4 Å². The highest BCUT2D eigenvalue weighted by Gasteiger charge is 2.32. The van der Waals surface area contributed by atoms with Crippen LogP contribution in [0.5, 0.6) is 0 Å². The summed E-state index contributed by atoms with van der Waals surface area (Å²) in [5.74, 6) is -1.64. The van der Waals surface area contributed by atoms with Crippen LogP contribution in [0.3, 0.4) is 0 Å². The zero-order valence-electron chi connectivity index (χ0n) is 23.4. The first kappa shape index (κ1) is 31.3. The fourth-order valence-corrected chi connectivity index (χ4v) is 4.81. The van der Waals surface area contributed by atoms with E-state index in [1.54, 1.807) is 12.1 Å². The van der Waals surface area contributed by atoms with Crippen molar-refractivity contribution in [3.05, 3.63) is 143 Å². The topological polar surface area (TPSA) is 70.2 Å². The Bertz CT molecular complexity index is 1770. The Labute approximate surface area is 253 Å². The predicted octanol–water partition coefficient (Wildman–Crippen LogP) is 8.67. The molecule has 230 valence electrons. The number of hydrogen-bond donors (Lipinski definition) is 3. The lowest BCUT2D eigenvalue weighted by molar-refractivity contribution is -0.138. The van der Waals surface area contributed by atoms with Crippen molar-refractivity contribution in [1.82, 2.24) is 5.32 Å². The van der Waals surface area contributed by atoms with E-state index >= 15 is 0 Å². The second-order valence-electron chi connectivity index (χ2n) is 10.2. The minimum absolute atomic E-state index is 0.154. The maximum atomic E-state index is 13.2. The number of carbonyl (C=O) groups excluding carboxylic acids is 2. The van der Waals surface area contributed by atoms with E-state index in [1.165, 1.54) is 18.2 Å². The molecule has 5 rings (SSSR count). The number of carbonyl (C=O) groups is 2. The van der Waals surface area contributed by atoms with Gasteiger partial charge in [0.05, 0.1) is 11.1 Å². The molecule has 0 heterocycles. The number of hydrogen-bond acceptors (Lipinski definition) is 3. The first-order valence-electron chi connectivity index (χ1n) is 13.7. The van der Waals surface area contributed by atoms with Gasteiger partial charge in [-0.05, 0) is 76.5 Å². The van der Waals surface area contributed by atoms with Crippen LogP contribution in [-0.4, -0.2) is 11.8 Å². The fourth-order valence-electron chi connectivity index (χ4n) is 4.81. The Morgan fingerprint density at radius 3 is 1.62 bits per heavy atom. The Hall–Kier alpha value is -5.16. The van der Waals surface area contributed by atoms with E-state index in [9.17, 15) is 35.9 Å². The van der Waals surface area contributed by atoms with Crippen molar-refractivity contribution >= 4 is 34.0 Å². The minimum atomic E-state index is -4.65. The van der Waals surface area contributed by atoms with Crippen LogP contribution in [0, 0.1) is 0 Å². The van der Waals surface area contributed by atoms with Gasteiger partial charge in [-0.1, -0.05) is 54.6 Å². The van der Waals surface area contributed by atoms with E-state index in [0.29, 0.717) is 12.1 Å². The molecule has 0 bridgehead atoms. The van der Waals surface area contributed by atoms with Crippen LogP contribution in [0.25, 0.3) is 10.8 Å². The van der Waals surface area contributed by atoms with Crippen LogP contribution >= 0.6 is 0 Å². The molecular formula is C34H25F6N3O2. The number of rotatable bonds is 8. The standard InChI is InChI=1S/C34H25F6N3O2/c35-33(36,37)26-11-4-8-23(16-26)31(44)42-28-14-21(19-41-20-25-10-3-7-22-6-1-2-13-30(22)25)15-29(18-28)43-32(45)24-9-5-12-27(17-24)34(38,39)40/h1-18,41H,19-20H2,(H,42,44)(H,43,45). The average molecular weight is 622 g/mol. The van der Waals surface area contributed by atoms with Gasteiger partial charge < -0.3 is 16.0 Å². The smallest absolute Gasteiger partial charge is 0.322 e. The Balaban J connectivity index is 1.40. The number of anilines is 2. The lowest BCUT2D eigenvalue weighted by Gasteiger charge is -2.14. The second-order valence-corrected chi connectivity index (χ2v) is 10.2. The maximum Gasteiger partial charge on any atom is 0.416 e. The Morgan fingerprint density at radius 2 is 1.07 bits per heavy atom. The quantitative estimate of drug-likeness (QED) is 0.152. The molecule has 11 heteroatoms. The number of fused-ring (bicyclic) bond motifs is 1. The average Bonchev–Trinajstić information content (AvgIpc) is 3.00. The molecule has 0 spiro atoms. The van der Waals surface area contributed by atoms with Gasteiger partial charge in [-0.2, -0.15) is 26.3 Å². The van der Waals surface area contributed by atoms with Crippen LogP contribution in [0.2, 0.25) is 0 Å². The van der Waals surface area contributed by atoms with Gasteiger partial charge in [-0.15, -0.1) is 0 Å². The van der Waals surface area contributed by atoms with E-state index in [2.05, 4.69) is 16.0 Å². The molecule has 0 radical (unpaired) electrons. The number of nitrogens with one attached hydrogen (secondary N) is 3. The van der Waals surface area contributed by atoms with Crippen molar-refractivity contribution in [3.63, 3.8) is 0 Å². The Morgan fingerprint density at radius 1 is 0.556 bits per heavy atom. The molecule has 0 aliphatic carbocycles. The van der Waals surface area contributed by atoms with E-state index in [-0.39, 0.29) is 29.0 Å². The molecular weight excluding hydrogens is 596 g/mol. The van der Waals surface area contributed by atoms with Gasteiger partial charge >= 0.3 is 12.4 Å². The van der Waals surface area contributed by atoms with Crippen molar-refractivity contribution < 1.29 is 35.9 Å². The summed E-state index contributed by atoms with van der Waals surface area (Å²) in [7, 11) is 0. The fraction of sp³-hybridized carbons (Fsp3) is 0.118. The third kappa shape index (κ3) is 7.87. The highest BCUT2D eigenvalue weighted by atomic mass is 19.4. The van der Waals surface area contributed by atoms with Gasteiger partial charge in [-0.3, -0.25) is 9.59 Å². The normalized spacial score (nSPS) is 11.8. The van der Waals surface area contributed by atoms with Gasteiger partial charge in [0.1, 0.15) is 0 Å². The van der Waals surface area contributed by atoms with Crippen molar-refractivity contribution in [2.75, 3.05) is 10.6 Å². The van der Waals surface area contributed by atoms with E-state index in [0.717, 1.165) is 52.7 Å². The highest BCUT2D eigenvalue weighted by molar-refractivity contribution is 6.06. The summed E-state index contributed by atoms with van der Waals surface area (Å²) in [4.78, 5) is 25.9. The summed E-state index contributed by atoms with van der Waals surface area (Å²) in [6.07, 6.45) is -9.29. The number of amides is 2. The zero-order valence-corrected chi connectivity index (χ0v) is 23.4. The predicted molar refractivity (Wildman–Crippen MR) is 160 cm³/mol. The first-order valence-corrected chi connectivity index (χ1v) is 13.7. The van der Waals surface area contributed by atoms with Gasteiger partial charge in [0.15, 0.2) is 0 Å². The summed E-state index contributed by atoms with van der Waals surface area (Å²) in [5, 5.41) is 10.5. The monoisotopic (exact) mass is 621 g/mol. The van der Waals surface area contributed by atoms with Crippen LogP contribution in [-0.2, 0) is 25.4 Å². The van der Waals surface area contributed by atoms with E-state index in [1.807, 2.05) is 42.5 Å². The molecule has 0 aliphatic heterocycles. The van der Waals surface area contributed by atoms with Crippen molar-refractivity contribution in [1.29, 1.82) is 0 Å². The molecule has 45 heavy (non-hydrogen) atoms. The first-order chi connectivity index (χ1) is 21.4. The summed E-state index contributed by atoms with van der Waals surface area (Å²) in [6, 6.07) is 26.1. The third-order valence-electron chi connectivity index (χ3n) is 6.94. The van der Waals surface area contributed by atoms with E-state index in [4.69, 9.17) is 0 Å². The summed E-state index contributed by atoms with van der Waals surface area (Å²) < 4.78 is 79.2. The summed E-state index contributed by atoms with van der Waals surface area (Å²) in [6.45, 7) is 0.719. The van der Waals surface area contributed by atoms with Gasteiger partial charge in [0.25, 0.3) is 11.8 Å². The highest BCUT2D eigenvalue weighted by Crippen LogP contribution is 2.31. The van der Waals surface area contributed by atoms with Crippen LogP contribution < -0.4 is 16.0 Å². The maximum absolute atomic E-state index is 13.2. The third-order valence-corrected chi connectivity index (χ3v) is 6.94. The molecule has 5 nitrogen and oxygen atoms in total. The number of alkyl halides is 6. The molecule has 0 aromatic heterocycles. The molecule has 0 fully saturated rings. The molecule has 0 saturated carbocycles. The molecule has 0 unspecified atom stereocenters. The van der Waals surface area contributed by atoms with E-state index < -0.39 is 35.3 Å². The van der Waals surface area contributed by atoms with Crippen molar-refractivity contribution in [2.24, 2.45) is 0 Å². The molecule has 0 saturated heterocycles. The molecule has 5 aromatic rings. The molecule has 0 aliphatic rings. The SMILES string of the molecule is O=C(Nc1cc(CNCc2cccc3ccccc23)cc(NC(=O)c2cccc(C(F)(F)F)c2)c1)c1cccc(C(F)(F)F)c1. The largest absolute Gasteiger partial charge is 0.416 e. The van der Waals surface area contributed by atoms with Gasteiger partial charge in [-0.25, -0.2) is 0 Å². The van der Waals surface area contributed by atoms with Crippen molar-refractivity contribution in [3.8, 4) is 0 Å². The molecule has 5 aromatic carbocycles. The number of halogens is 6.